The average molecular weight is 272 g/mol. The van der Waals surface area contributed by atoms with Gasteiger partial charge in [-0.3, -0.25) is 4.79 Å². The number of benzene rings is 2. The fourth-order valence-electron chi connectivity index (χ4n) is 1.98. The summed E-state index contributed by atoms with van der Waals surface area (Å²) < 4.78 is 13.2. The third kappa shape index (κ3) is 3.57. The normalized spacial score (nSPS) is 10.1. The van der Waals surface area contributed by atoms with Gasteiger partial charge in [0.15, 0.2) is 0 Å². The van der Waals surface area contributed by atoms with Crippen molar-refractivity contribution in [2.75, 3.05) is 23.3 Å². The molecule has 0 bridgehead atoms. The summed E-state index contributed by atoms with van der Waals surface area (Å²) in [5, 5.41) is 3.06. The van der Waals surface area contributed by atoms with E-state index < -0.39 is 0 Å². The van der Waals surface area contributed by atoms with Gasteiger partial charge >= 0.3 is 0 Å². The molecular formula is C16H17FN2O. The van der Waals surface area contributed by atoms with Gasteiger partial charge in [0.25, 0.3) is 0 Å². The fraction of sp³-hybridized carbons (Fsp3) is 0.188. The van der Waals surface area contributed by atoms with Gasteiger partial charge in [-0.05, 0) is 37.3 Å². The zero-order chi connectivity index (χ0) is 14.4. The topological polar surface area (TPSA) is 32.3 Å². The summed E-state index contributed by atoms with van der Waals surface area (Å²) in [5.41, 5.74) is 1.46. The molecule has 0 atom stereocenters. The second kappa shape index (κ2) is 6.70. The monoisotopic (exact) mass is 272 g/mol. The van der Waals surface area contributed by atoms with E-state index in [1.807, 2.05) is 37.3 Å². The SMILES string of the molecule is CCN(C(=O)CNc1ccccc1)c1cccc(F)c1. The minimum Gasteiger partial charge on any atom is -0.376 e. The van der Waals surface area contributed by atoms with Gasteiger partial charge in [-0.15, -0.1) is 0 Å². The van der Waals surface area contributed by atoms with E-state index in [2.05, 4.69) is 5.32 Å². The smallest absolute Gasteiger partial charge is 0.246 e. The van der Waals surface area contributed by atoms with Crippen molar-refractivity contribution in [3.05, 3.63) is 60.4 Å². The zero-order valence-corrected chi connectivity index (χ0v) is 11.3. The number of nitrogens with zero attached hydrogens (tertiary/aromatic N) is 1. The van der Waals surface area contributed by atoms with Crippen LogP contribution in [0.4, 0.5) is 15.8 Å². The minimum absolute atomic E-state index is 0.0954. The van der Waals surface area contributed by atoms with Crippen LogP contribution in [0.25, 0.3) is 0 Å². The largest absolute Gasteiger partial charge is 0.376 e. The Labute approximate surface area is 118 Å². The molecule has 0 aromatic heterocycles. The number of hydrogen-bond donors (Lipinski definition) is 1. The van der Waals surface area contributed by atoms with Gasteiger partial charge in [-0.2, -0.15) is 0 Å². The van der Waals surface area contributed by atoms with E-state index in [0.717, 1.165) is 5.69 Å². The van der Waals surface area contributed by atoms with Crippen LogP contribution < -0.4 is 10.2 Å². The fourth-order valence-corrected chi connectivity index (χ4v) is 1.98. The van der Waals surface area contributed by atoms with E-state index in [9.17, 15) is 9.18 Å². The van der Waals surface area contributed by atoms with Crippen LogP contribution in [-0.2, 0) is 4.79 Å². The van der Waals surface area contributed by atoms with Crippen LogP contribution >= 0.6 is 0 Å². The number of anilines is 2. The lowest BCUT2D eigenvalue weighted by Gasteiger charge is -2.21. The summed E-state index contributed by atoms with van der Waals surface area (Å²) >= 11 is 0. The molecule has 1 N–H and O–H groups in total. The number of carbonyl (C=O) groups excluding carboxylic acids is 1. The number of likely N-dealkylation sites (N-methyl/N-ethyl adjacent to an activating group) is 1. The second-order valence-corrected chi connectivity index (χ2v) is 4.34. The molecule has 4 heteroatoms. The highest BCUT2D eigenvalue weighted by Crippen LogP contribution is 2.15. The predicted octanol–water partition coefficient (Wildman–Crippen LogP) is 3.29. The Bertz CT molecular complexity index is 572. The molecule has 0 unspecified atom stereocenters. The Hall–Kier alpha value is -2.36. The molecule has 0 saturated heterocycles. The summed E-state index contributed by atoms with van der Waals surface area (Å²) in [4.78, 5) is 13.8. The van der Waals surface area contributed by atoms with Crippen LogP contribution in [0, 0.1) is 5.82 Å². The van der Waals surface area contributed by atoms with E-state index in [-0.39, 0.29) is 18.3 Å². The highest BCUT2D eigenvalue weighted by molar-refractivity contribution is 5.96. The van der Waals surface area contributed by atoms with E-state index in [1.54, 1.807) is 17.0 Å². The maximum Gasteiger partial charge on any atom is 0.246 e. The second-order valence-electron chi connectivity index (χ2n) is 4.34. The van der Waals surface area contributed by atoms with Gasteiger partial charge in [-0.1, -0.05) is 24.3 Å². The van der Waals surface area contributed by atoms with Crippen molar-refractivity contribution in [1.29, 1.82) is 0 Å². The number of carbonyl (C=O) groups is 1. The van der Waals surface area contributed by atoms with Crippen molar-refractivity contribution < 1.29 is 9.18 Å². The third-order valence-corrected chi connectivity index (χ3v) is 2.95. The summed E-state index contributed by atoms with van der Waals surface area (Å²) in [6, 6.07) is 15.6. The highest BCUT2D eigenvalue weighted by Gasteiger charge is 2.13. The van der Waals surface area contributed by atoms with E-state index in [1.165, 1.54) is 12.1 Å². The molecule has 0 aliphatic heterocycles. The van der Waals surface area contributed by atoms with Crippen LogP contribution in [0.1, 0.15) is 6.92 Å². The number of amides is 1. The number of hydrogen-bond acceptors (Lipinski definition) is 2. The van der Waals surface area contributed by atoms with Gasteiger partial charge in [0, 0.05) is 17.9 Å². The Balaban J connectivity index is 2.02. The molecule has 2 aromatic rings. The zero-order valence-electron chi connectivity index (χ0n) is 11.3. The van der Waals surface area contributed by atoms with Gasteiger partial charge in [-0.25, -0.2) is 4.39 Å². The van der Waals surface area contributed by atoms with Gasteiger partial charge < -0.3 is 10.2 Å². The average Bonchev–Trinajstić information content (AvgIpc) is 2.47. The summed E-state index contributed by atoms with van der Waals surface area (Å²) in [7, 11) is 0. The lowest BCUT2D eigenvalue weighted by Crippen LogP contribution is -2.35. The molecule has 2 aromatic carbocycles. The van der Waals surface area contributed by atoms with Crippen LogP contribution in [0.15, 0.2) is 54.6 Å². The van der Waals surface area contributed by atoms with Gasteiger partial charge in [0.05, 0.1) is 6.54 Å². The molecule has 0 heterocycles. The lowest BCUT2D eigenvalue weighted by molar-refractivity contribution is -0.116. The Morgan fingerprint density at radius 2 is 1.90 bits per heavy atom. The van der Waals surface area contributed by atoms with Crippen molar-refractivity contribution in [3.63, 3.8) is 0 Å². The Morgan fingerprint density at radius 1 is 1.15 bits per heavy atom. The molecule has 0 aliphatic rings. The number of nitrogens with one attached hydrogen (secondary N) is 1. The molecule has 0 saturated carbocycles. The van der Waals surface area contributed by atoms with Crippen molar-refractivity contribution in [1.82, 2.24) is 0 Å². The van der Waals surface area contributed by atoms with Crippen molar-refractivity contribution in [2.24, 2.45) is 0 Å². The van der Waals surface area contributed by atoms with Crippen molar-refractivity contribution >= 4 is 17.3 Å². The number of para-hydroxylation sites is 1. The Kier molecular flexibility index (Phi) is 4.71. The maximum atomic E-state index is 13.2. The molecule has 104 valence electrons. The third-order valence-electron chi connectivity index (χ3n) is 2.95. The maximum absolute atomic E-state index is 13.2. The molecule has 0 aliphatic carbocycles. The van der Waals surface area contributed by atoms with E-state index >= 15 is 0 Å². The predicted molar refractivity (Wildman–Crippen MR) is 79.4 cm³/mol. The first kappa shape index (κ1) is 14.1. The standard InChI is InChI=1S/C16H17FN2O/c1-2-19(15-10-6-7-13(17)11-15)16(20)12-18-14-8-4-3-5-9-14/h3-11,18H,2,12H2,1H3. The first-order chi connectivity index (χ1) is 9.70. The molecule has 3 nitrogen and oxygen atoms in total. The molecule has 1 amide bonds. The first-order valence-corrected chi connectivity index (χ1v) is 6.55. The lowest BCUT2D eigenvalue weighted by atomic mass is 10.2. The molecule has 0 radical (unpaired) electrons. The molecule has 20 heavy (non-hydrogen) atoms. The number of rotatable bonds is 5. The van der Waals surface area contributed by atoms with Crippen LogP contribution in [0.5, 0.6) is 0 Å². The molecule has 0 fully saturated rings. The molecular weight excluding hydrogens is 255 g/mol. The minimum atomic E-state index is -0.343. The highest BCUT2D eigenvalue weighted by atomic mass is 19.1. The van der Waals surface area contributed by atoms with E-state index in [4.69, 9.17) is 0 Å². The van der Waals surface area contributed by atoms with Crippen LogP contribution in [0.3, 0.4) is 0 Å². The van der Waals surface area contributed by atoms with Gasteiger partial charge in [0.2, 0.25) is 5.91 Å². The molecule has 0 spiro atoms. The van der Waals surface area contributed by atoms with E-state index in [0.29, 0.717) is 12.2 Å². The van der Waals surface area contributed by atoms with Crippen LogP contribution in [-0.4, -0.2) is 19.0 Å². The summed E-state index contributed by atoms with van der Waals surface area (Å²) in [5.74, 6) is -0.438. The van der Waals surface area contributed by atoms with Crippen LogP contribution in [0.2, 0.25) is 0 Å². The Morgan fingerprint density at radius 3 is 2.55 bits per heavy atom. The number of halogens is 1. The van der Waals surface area contributed by atoms with Crippen molar-refractivity contribution in [2.45, 2.75) is 6.92 Å². The quantitative estimate of drug-likeness (QED) is 0.905. The summed E-state index contributed by atoms with van der Waals surface area (Å²) in [6.45, 7) is 2.54. The summed E-state index contributed by atoms with van der Waals surface area (Å²) in [6.07, 6.45) is 0. The first-order valence-electron chi connectivity index (χ1n) is 6.55. The van der Waals surface area contributed by atoms with Gasteiger partial charge in [0.1, 0.15) is 5.82 Å². The van der Waals surface area contributed by atoms with Crippen molar-refractivity contribution in [3.8, 4) is 0 Å². The molecule has 2 rings (SSSR count).